The van der Waals surface area contributed by atoms with Gasteiger partial charge in [-0.05, 0) is 12.8 Å². The number of rotatable bonds is 3. The molecule has 12 heavy (non-hydrogen) atoms. The van der Waals surface area contributed by atoms with Crippen molar-refractivity contribution >= 4 is 31.9 Å². The van der Waals surface area contributed by atoms with Gasteiger partial charge in [-0.3, -0.25) is 0 Å². The van der Waals surface area contributed by atoms with E-state index in [1.807, 2.05) is 0 Å². The van der Waals surface area contributed by atoms with Crippen LogP contribution in [0.5, 0.6) is 0 Å². The molecule has 0 saturated heterocycles. The Morgan fingerprint density at radius 1 is 1.17 bits per heavy atom. The fourth-order valence-corrected chi connectivity index (χ4v) is 2.54. The van der Waals surface area contributed by atoms with Gasteiger partial charge in [0.2, 0.25) is 0 Å². The summed E-state index contributed by atoms with van der Waals surface area (Å²) in [6.45, 7) is 0.840. The molecule has 1 nitrogen and oxygen atoms in total. The molecule has 2 atom stereocenters. The molecule has 72 valence electrons. The predicted octanol–water partition coefficient (Wildman–Crippen LogP) is 3.49. The summed E-state index contributed by atoms with van der Waals surface area (Å²) < 4.78 is 5.73. The molecule has 0 aliphatic heterocycles. The van der Waals surface area contributed by atoms with Crippen LogP contribution in [0.15, 0.2) is 0 Å². The Kier molecular flexibility index (Phi) is 5.85. The lowest BCUT2D eigenvalue weighted by Crippen LogP contribution is -2.23. The third kappa shape index (κ3) is 3.75. The average molecular weight is 300 g/mol. The fraction of sp³-hybridized carbons (Fsp3) is 1.00. The molecule has 1 fully saturated rings. The molecule has 2 unspecified atom stereocenters. The van der Waals surface area contributed by atoms with Crippen LogP contribution in [0.2, 0.25) is 0 Å². The van der Waals surface area contributed by atoms with Gasteiger partial charge in [0.25, 0.3) is 0 Å². The van der Waals surface area contributed by atoms with E-state index in [0.29, 0.717) is 10.9 Å². The van der Waals surface area contributed by atoms with Gasteiger partial charge >= 0.3 is 0 Å². The number of hydrogen-bond donors (Lipinski definition) is 0. The lowest BCUT2D eigenvalue weighted by atomic mass is 10.1. The van der Waals surface area contributed by atoms with E-state index in [9.17, 15) is 0 Å². The molecule has 0 aromatic rings. The largest absolute Gasteiger partial charge is 0.376 e. The Bertz CT molecular complexity index is 119. The summed E-state index contributed by atoms with van der Waals surface area (Å²) in [5.41, 5.74) is 0. The molecule has 0 aromatic carbocycles. The summed E-state index contributed by atoms with van der Waals surface area (Å²) in [4.78, 5) is 0.582. The van der Waals surface area contributed by atoms with Crippen molar-refractivity contribution in [2.45, 2.75) is 43.0 Å². The monoisotopic (exact) mass is 298 g/mol. The highest BCUT2D eigenvalue weighted by Gasteiger charge is 2.21. The minimum Gasteiger partial charge on any atom is -0.376 e. The molecule has 1 saturated carbocycles. The van der Waals surface area contributed by atoms with Gasteiger partial charge in [0.15, 0.2) is 0 Å². The van der Waals surface area contributed by atoms with Crippen molar-refractivity contribution in [3.05, 3.63) is 0 Å². The molecule has 0 bridgehead atoms. The molecule has 3 heteroatoms. The van der Waals surface area contributed by atoms with Crippen LogP contribution in [-0.4, -0.2) is 22.9 Å². The van der Waals surface area contributed by atoms with E-state index in [1.165, 1.54) is 32.1 Å². The summed E-state index contributed by atoms with van der Waals surface area (Å²) in [7, 11) is 0. The SMILES string of the molecule is BrCCOC1CCCCCC1Br. The van der Waals surface area contributed by atoms with E-state index in [2.05, 4.69) is 31.9 Å². The zero-order valence-corrected chi connectivity index (χ0v) is 10.4. The Balaban J connectivity index is 2.26. The molecule has 0 aromatic heterocycles. The van der Waals surface area contributed by atoms with Crippen LogP contribution in [0, 0.1) is 0 Å². The molecule has 1 aliphatic rings. The van der Waals surface area contributed by atoms with Gasteiger partial charge < -0.3 is 4.74 Å². The van der Waals surface area contributed by atoms with E-state index in [0.717, 1.165) is 11.9 Å². The maximum Gasteiger partial charge on any atom is 0.0700 e. The Labute approximate surface area is 91.5 Å². The van der Waals surface area contributed by atoms with Crippen LogP contribution < -0.4 is 0 Å². The van der Waals surface area contributed by atoms with Crippen molar-refractivity contribution < 1.29 is 4.74 Å². The van der Waals surface area contributed by atoms with Crippen LogP contribution >= 0.6 is 31.9 Å². The molecule has 0 radical (unpaired) electrons. The van der Waals surface area contributed by atoms with Gasteiger partial charge in [0, 0.05) is 10.2 Å². The molecule has 1 aliphatic carbocycles. The zero-order chi connectivity index (χ0) is 8.81. The van der Waals surface area contributed by atoms with Gasteiger partial charge in [-0.1, -0.05) is 51.1 Å². The number of hydrogen-bond acceptors (Lipinski definition) is 1. The zero-order valence-electron chi connectivity index (χ0n) is 7.27. The smallest absolute Gasteiger partial charge is 0.0700 e. The highest BCUT2D eigenvalue weighted by atomic mass is 79.9. The third-order valence-electron chi connectivity index (χ3n) is 2.28. The topological polar surface area (TPSA) is 9.23 Å². The summed E-state index contributed by atoms with van der Waals surface area (Å²) in [5.74, 6) is 0. The minimum absolute atomic E-state index is 0.449. The Morgan fingerprint density at radius 2 is 1.92 bits per heavy atom. The van der Waals surface area contributed by atoms with Gasteiger partial charge in [-0.15, -0.1) is 0 Å². The van der Waals surface area contributed by atoms with Crippen LogP contribution in [0.1, 0.15) is 32.1 Å². The van der Waals surface area contributed by atoms with Crippen molar-refractivity contribution in [2.75, 3.05) is 11.9 Å². The van der Waals surface area contributed by atoms with Gasteiger partial charge in [-0.25, -0.2) is 0 Å². The molecule has 0 heterocycles. The third-order valence-corrected chi connectivity index (χ3v) is 3.65. The number of alkyl halides is 2. The van der Waals surface area contributed by atoms with Crippen molar-refractivity contribution in [3.63, 3.8) is 0 Å². The van der Waals surface area contributed by atoms with Crippen LogP contribution in [0.3, 0.4) is 0 Å². The minimum atomic E-state index is 0.449. The van der Waals surface area contributed by atoms with Crippen LogP contribution in [0.25, 0.3) is 0 Å². The first-order valence-electron chi connectivity index (χ1n) is 4.66. The van der Waals surface area contributed by atoms with Crippen molar-refractivity contribution in [1.29, 1.82) is 0 Å². The summed E-state index contributed by atoms with van der Waals surface area (Å²) >= 11 is 7.07. The molecule has 0 N–H and O–H groups in total. The second kappa shape index (κ2) is 6.39. The second-order valence-corrected chi connectivity index (χ2v) is 5.22. The lowest BCUT2D eigenvalue weighted by Gasteiger charge is -2.19. The van der Waals surface area contributed by atoms with Crippen molar-refractivity contribution in [3.8, 4) is 0 Å². The first kappa shape index (κ1) is 11.0. The predicted molar refractivity (Wildman–Crippen MR) is 59.3 cm³/mol. The molecule has 1 rings (SSSR count). The number of halogens is 2. The molecule has 0 spiro atoms. The first-order valence-corrected chi connectivity index (χ1v) is 6.70. The van der Waals surface area contributed by atoms with Gasteiger partial charge in [-0.2, -0.15) is 0 Å². The lowest BCUT2D eigenvalue weighted by molar-refractivity contribution is 0.0602. The maximum atomic E-state index is 5.73. The van der Waals surface area contributed by atoms with E-state index in [1.54, 1.807) is 0 Å². The van der Waals surface area contributed by atoms with Gasteiger partial charge in [0.05, 0.1) is 12.7 Å². The van der Waals surface area contributed by atoms with E-state index < -0.39 is 0 Å². The highest BCUT2D eigenvalue weighted by molar-refractivity contribution is 9.09. The normalized spacial score (nSPS) is 31.5. The van der Waals surface area contributed by atoms with Crippen LogP contribution in [0.4, 0.5) is 0 Å². The van der Waals surface area contributed by atoms with Crippen molar-refractivity contribution in [2.24, 2.45) is 0 Å². The Morgan fingerprint density at radius 3 is 2.67 bits per heavy atom. The van der Waals surface area contributed by atoms with E-state index >= 15 is 0 Å². The van der Waals surface area contributed by atoms with Crippen LogP contribution in [-0.2, 0) is 4.74 Å². The highest BCUT2D eigenvalue weighted by Crippen LogP contribution is 2.25. The number of ether oxygens (including phenoxy) is 1. The standard InChI is InChI=1S/C9H16Br2O/c10-6-7-12-9-5-3-1-2-4-8(9)11/h8-9H,1-7H2. The summed E-state index contributed by atoms with van der Waals surface area (Å²) in [6, 6.07) is 0. The fourth-order valence-electron chi connectivity index (χ4n) is 1.61. The molecule has 0 amide bonds. The van der Waals surface area contributed by atoms with E-state index in [-0.39, 0.29) is 0 Å². The average Bonchev–Trinajstić information content (AvgIpc) is 2.27. The van der Waals surface area contributed by atoms with Crippen molar-refractivity contribution in [1.82, 2.24) is 0 Å². The quantitative estimate of drug-likeness (QED) is 0.572. The summed E-state index contributed by atoms with van der Waals surface area (Å²) in [5, 5.41) is 0.948. The Hall–Kier alpha value is 0.920. The van der Waals surface area contributed by atoms with Gasteiger partial charge in [0.1, 0.15) is 0 Å². The maximum absolute atomic E-state index is 5.73. The van der Waals surface area contributed by atoms with E-state index in [4.69, 9.17) is 4.74 Å². The first-order chi connectivity index (χ1) is 5.84. The summed E-state index contributed by atoms with van der Waals surface area (Å²) in [6.07, 6.45) is 7.00. The second-order valence-electron chi connectivity index (χ2n) is 3.25. The molecular weight excluding hydrogens is 284 g/mol. The molecular formula is C9H16Br2O.